The van der Waals surface area contributed by atoms with E-state index in [4.69, 9.17) is 5.73 Å². The summed E-state index contributed by atoms with van der Waals surface area (Å²) in [6.07, 6.45) is 4.15. The molecule has 0 fully saturated rings. The number of nitrogens with zero attached hydrogens (tertiary/aromatic N) is 2. The summed E-state index contributed by atoms with van der Waals surface area (Å²) in [6, 6.07) is 0. The molecule has 68 valence electrons. The highest BCUT2D eigenvalue weighted by Gasteiger charge is 2.08. The fraction of sp³-hybridized carbons (Fsp3) is 0.250. The fourth-order valence-electron chi connectivity index (χ4n) is 1.34. The standard InChI is InChI=1S/C8H9BrN4/c9-7-5(1-2-10)6-3-11-4-12-8(6)13-7/h3-4H,1-2,10H2,(H,11,12,13). The second-order valence-corrected chi connectivity index (χ2v) is 3.53. The average Bonchev–Trinajstić information content (AvgIpc) is 2.44. The van der Waals surface area contributed by atoms with Crippen LogP contribution >= 0.6 is 15.9 Å². The number of nitrogens with two attached hydrogens (primary N) is 1. The lowest BCUT2D eigenvalue weighted by Crippen LogP contribution is -2.02. The summed E-state index contributed by atoms with van der Waals surface area (Å²) in [5.74, 6) is 0. The van der Waals surface area contributed by atoms with Crippen molar-refractivity contribution in [3.8, 4) is 0 Å². The second-order valence-electron chi connectivity index (χ2n) is 2.74. The minimum absolute atomic E-state index is 0.625. The predicted octanol–water partition coefficient (Wildman–Crippen LogP) is 1.22. The number of aromatic amines is 1. The molecule has 0 atom stereocenters. The Hall–Kier alpha value is -0.940. The van der Waals surface area contributed by atoms with E-state index in [1.165, 1.54) is 6.33 Å². The van der Waals surface area contributed by atoms with Gasteiger partial charge < -0.3 is 10.7 Å². The number of hydrogen-bond donors (Lipinski definition) is 2. The molecular formula is C8H9BrN4. The summed E-state index contributed by atoms with van der Waals surface area (Å²) in [5.41, 5.74) is 7.51. The molecule has 0 aliphatic carbocycles. The highest BCUT2D eigenvalue weighted by atomic mass is 79.9. The number of halogens is 1. The molecule has 2 rings (SSSR count). The van der Waals surface area contributed by atoms with Crippen molar-refractivity contribution in [2.45, 2.75) is 6.42 Å². The molecular weight excluding hydrogens is 232 g/mol. The normalized spacial score (nSPS) is 10.9. The Balaban J connectivity index is 2.64. The molecule has 0 amide bonds. The quantitative estimate of drug-likeness (QED) is 0.830. The van der Waals surface area contributed by atoms with E-state index in [-0.39, 0.29) is 0 Å². The Kier molecular flexibility index (Phi) is 2.28. The number of nitrogens with one attached hydrogen (secondary N) is 1. The van der Waals surface area contributed by atoms with Gasteiger partial charge in [-0.15, -0.1) is 0 Å². The van der Waals surface area contributed by atoms with Gasteiger partial charge in [0.2, 0.25) is 0 Å². The van der Waals surface area contributed by atoms with Crippen molar-refractivity contribution >= 4 is 27.0 Å². The Morgan fingerprint density at radius 1 is 1.54 bits per heavy atom. The summed E-state index contributed by atoms with van der Waals surface area (Å²) in [7, 11) is 0. The van der Waals surface area contributed by atoms with Crippen LogP contribution in [0.5, 0.6) is 0 Å². The molecule has 2 heterocycles. The van der Waals surface area contributed by atoms with Crippen LogP contribution in [0.1, 0.15) is 5.56 Å². The smallest absolute Gasteiger partial charge is 0.141 e. The molecule has 5 heteroatoms. The largest absolute Gasteiger partial charge is 0.334 e. The number of fused-ring (bicyclic) bond motifs is 1. The van der Waals surface area contributed by atoms with E-state index in [0.29, 0.717) is 6.54 Å². The van der Waals surface area contributed by atoms with Gasteiger partial charge in [-0.1, -0.05) is 0 Å². The van der Waals surface area contributed by atoms with Crippen LogP contribution < -0.4 is 5.73 Å². The zero-order valence-corrected chi connectivity index (χ0v) is 8.50. The first-order valence-corrected chi connectivity index (χ1v) is 4.78. The Bertz CT molecular complexity index is 423. The number of rotatable bonds is 2. The van der Waals surface area contributed by atoms with E-state index in [2.05, 4.69) is 30.9 Å². The lowest BCUT2D eigenvalue weighted by Gasteiger charge is -1.94. The van der Waals surface area contributed by atoms with E-state index >= 15 is 0 Å². The second kappa shape index (κ2) is 3.43. The van der Waals surface area contributed by atoms with Crippen LogP contribution in [-0.2, 0) is 6.42 Å². The topological polar surface area (TPSA) is 67.6 Å². The van der Waals surface area contributed by atoms with Crippen LogP contribution in [-0.4, -0.2) is 21.5 Å². The minimum atomic E-state index is 0.625. The molecule has 0 aromatic carbocycles. The molecule has 3 N–H and O–H groups in total. The van der Waals surface area contributed by atoms with Crippen LogP contribution in [0, 0.1) is 0 Å². The van der Waals surface area contributed by atoms with Gasteiger partial charge in [0.15, 0.2) is 0 Å². The van der Waals surface area contributed by atoms with Crippen LogP contribution in [0.2, 0.25) is 0 Å². The van der Waals surface area contributed by atoms with E-state index < -0.39 is 0 Å². The summed E-state index contributed by atoms with van der Waals surface area (Å²) < 4.78 is 0.952. The maximum absolute atomic E-state index is 5.50. The number of aromatic nitrogens is 3. The number of H-pyrrole nitrogens is 1. The SMILES string of the molecule is NCCc1c(Br)[nH]c2ncncc12. The van der Waals surface area contributed by atoms with Crippen LogP contribution in [0.4, 0.5) is 0 Å². The molecule has 2 aromatic heterocycles. The highest BCUT2D eigenvalue weighted by Crippen LogP contribution is 2.24. The molecule has 2 aromatic rings. The summed E-state index contributed by atoms with van der Waals surface area (Å²) >= 11 is 3.43. The maximum Gasteiger partial charge on any atom is 0.141 e. The van der Waals surface area contributed by atoms with Crippen LogP contribution in [0.15, 0.2) is 17.1 Å². The average molecular weight is 241 g/mol. The van der Waals surface area contributed by atoms with Gasteiger partial charge in [0, 0.05) is 11.6 Å². The van der Waals surface area contributed by atoms with E-state index in [0.717, 1.165) is 27.6 Å². The molecule has 0 radical (unpaired) electrons. The molecule has 0 saturated carbocycles. The van der Waals surface area contributed by atoms with Gasteiger partial charge in [0.1, 0.15) is 12.0 Å². The molecule has 0 bridgehead atoms. The fourth-order valence-corrected chi connectivity index (χ4v) is 1.94. The lowest BCUT2D eigenvalue weighted by atomic mass is 10.2. The third-order valence-corrected chi connectivity index (χ3v) is 2.60. The zero-order chi connectivity index (χ0) is 9.26. The summed E-state index contributed by atoms with van der Waals surface area (Å²) in [6.45, 7) is 0.625. The van der Waals surface area contributed by atoms with Gasteiger partial charge in [-0.3, -0.25) is 0 Å². The molecule has 0 spiro atoms. The van der Waals surface area contributed by atoms with Gasteiger partial charge in [-0.25, -0.2) is 9.97 Å². The van der Waals surface area contributed by atoms with Crippen LogP contribution in [0.25, 0.3) is 11.0 Å². The van der Waals surface area contributed by atoms with Crippen molar-refractivity contribution in [2.75, 3.05) is 6.54 Å². The Morgan fingerprint density at radius 3 is 3.15 bits per heavy atom. The molecule has 0 aliphatic heterocycles. The third-order valence-electron chi connectivity index (χ3n) is 1.92. The molecule has 0 saturated heterocycles. The van der Waals surface area contributed by atoms with E-state index in [9.17, 15) is 0 Å². The maximum atomic E-state index is 5.50. The first-order valence-electron chi connectivity index (χ1n) is 3.99. The van der Waals surface area contributed by atoms with Gasteiger partial charge >= 0.3 is 0 Å². The minimum Gasteiger partial charge on any atom is -0.334 e. The first-order chi connectivity index (χ1) is 6.33. The molecule has 13 heavy (non-hydrogen) atoms. The van der Waals surface area contributed by atoms with Gasteiger partial charge in [-0.05, 0) is 34.5 Å². The van der Waals surface area contributed by atoms with Gasteiger partial charge in [-0.2, -0.15) is 0 Å². The van der Waals surface area contributed by atoms with Gasteiger partial charge in [0.05, 0.1) is 4.60 Å². The predicted molar refractivity (Wildman–Crippen MR) is 54.3 cm³/mol. The van der Waals surface area contributed by atoms with Crippen molar-refractivity contribution in [1.82, 2.24) is 15.0 Å². The van der Waals surface area contributed by atoms with Crippen molar-refractivity contribution < 1.29 is 0 Å². The third kappa shape index (κ3) is 1.45. The number of hydrogen-bond acceptors (Lipinski definition) is 3. The van der Waals surface area contributed by atoms with E-state index in [1.807, 2.05) is 0 Å². The molecule has 4 nitrogen and oxygen atoms in total. The summed E-state index contributed by atoms with van der Waals surface area (Å²) in [4.78, 5) is 11.2. The zero-order valence-electron chi connectivity index (χ0n) is 6.92. The first kappa shape index (κ1) is 8.65. The molecule has 0 aliphatic rings. The monoisotopic (exact) mass is 240 g/mol. The van der Waals surface area contributed by atoms with Crippen molar-refractivity contribution in [2.24, 2.45) is 5.73 Å². The van der Waals surface area contributed by atoms with Crippen molar-refractivity contribution in [1.29, 1.82) is 0 Å². The van der Waals surface area contributed by atoms with Gasteiger partial charge in [0.25, 0.3) is 0 Å². The van der Waals surface area contributed by atoms with Crippen molar-refractivity contribution in [3.63, 3.8) is 0 Å². The Morgan fingerprint density at radius 2 is 2.38 bits per heavy atom. The molecule has 0 unspecified atom stereocenters. The summed E-state index contributed by atoms with van der Waals surface area (Å²) in [5, 5.41) is 1.04. The highest BCUT2D eigenvalue weighted by molar-refractivity contribution is 9.10. The van der Waals surface area contributed by atoms with Crippen LogP contribution in [0.3, 0.4) is 0 Å². The van der Waals surface area contributed by atoms with E-state index in [1.54, 1.807) is 6.20 Å². The van der Waals surface area contributed by atoms with Crippen molar-refractivity contribution in [3.05, 3.63) is 22.7 Å². The lowest BCUT2D eigenvalue weighted by molar-refractivity contribution is 0.969. The Labute approximate surface area is 83.7 Å².